The minimum Gasteiger partial charge on any atom is -0.331 e. The van der Waals surface area contributed by atoms with Crippen molar-refractivity contribution in [3.63, 3.8) is 0 Å². The third kappa shape index (κ3) is 4.01. The molecule has 0 radical (unpaired) electrons. The van der Waals surface area contributed by atoms with Crippen LogP contribution in [-0.2, 0) is 28.3 Å². The number of fused-ring (bicyclic) bond motifs is 1. The highest BCUT2D eigenvalue weighted by molar-refractivity contribution is 7.89. The van der Waals surface area contributed by atoms with E-state index >= 15 is 0 Å². The average Bonchev–Trinajstić information content (AvgIpc) is 2.96. The van der Waals surface area contributed by atoms with E-state index in [1.54, 1.807) is 18.2 Å². The molecule has 0 unspecified atom stereocenters. The topological polar surface area (TPSA) is 84.3 Å². The Balaban J connectivity index is 1.77. The Hall–Kier alpha value is -2.71. The highest BCUT2D eigenvalue weighted by Crippen LogP contribution is 2.22. The minimum atomic E-state index is -3.51. The molecule has 0 fully saturated rings. The zero-order valence-corrected chi connectivity index (χ0v) is 16.3. The van der Waals surface area contributed by atoms with Gasteiger partial charge in [-0.1, -0.05) is 18.2 Å². The maximum atomic E-state index is 12.3. The first-order valence-corrected chi connectivity index (χ1v) is 9.96. The molecule has 1 aromatic heterocycles. The molecular formula is C19H22N4O3S. The number of aryl methyl sites for hydroxylation is 2. The molecule has 27 heavy (non-hydrogen) atoms. The fourth-order valence-corrected chi connectivity index (χ4v) is 3.72. The molecule has 3 aromatic rings. The fraction of sp³-hybridized carbons (Fsp3) is 0.263. The Morgan fingerprint density at radius 3 is 2.52 bits per heavy atom. The third-order valence-corrected chi connectivity index (χ3v) is 6.17. The van der Waals surface area contributed by atoms with Crippen molar-refractivity contribution in [1.82, 2.24) is 13.9 Å². The first-order chi connectivity index (χ1) is 12.8. The summed E-state index contributed by atoms with van der Waals surface area (Å²) in [6, 6.07) is 14.2. The van der Waals surface area contributed by atoms with E-state index in [4.69, 9.17) is 0 Å². The van der Waals surface area contributed by atoms with Crippen molar-refractivity contribution < 1.29 is 13.2 Å². The van der Waals surface area contributed by atoms with Gasteiger partial charge in [-0.15, -0.1) is 0 Å². The van der Waals surface area contributed by atoms with Crippen molar-refractivity contribution in [3.8, 4) is 0 Å². The second-order valence-corrected chi connectivity index (χ2v) is 8.59. The number of carbonyl (C=O) groups excluding carboxylic acids is 1. The quantitative estimate of drug-likeness (QED) is 0.705. The number of sulfonamides is 1. The van der Waals surface area contributed by atoms with Crippen molar-refractivity contribution in [3.05, 3.63) is 54.4 Å². The van der Waals surface area contributed by atoms with Crippen molar-refractivity contribution in [2.45, 2.75) is 17.7 Å². The number of aromatic nitrogens is 2. The van der Waals surface area contributed by atoms with Gasteiger partial charge in [0.05, 0.1) is 15.9 Å². The highest BCUT2D eigenvalue weighted by Gasteiger charge is 2.19. The molecular weight excluding hydrogens is 364 g/mol. The minimum absolute atomic E-state index is 0.0934. The SMILES string of the molecule is CN(C)S(=O)(=O)c1ccc2c(c1)nc(CCC(=O)Nc1ccccc1)n2C. The summed E-state index contributed by atoms with van der Waals surface area (Å²) in [7, 11) is 1.34. The average molecular weight is 386 g/mol. The molecule has 7 nitrogen and oxygen atoms in total. The summed E-state index contributed by atoms with van der Waals surface area (Å²) >= 11 is 0. The van der Waals surface area contributed by atoms with Gasteiger partial charge in [-0.3, -0.25) is 4.79 Å². The van der Waals surface area contributed by atoms with Gasteiger partial charge in [0.2, 0.25) is 15.9 Å². The van der Waals surface area contributed by atoms with E-state index < -0.39 is 10.0 Å². The second-order valence-electron chi connectivity index (χ2n) is 6.44. The Morgan fingerprint density at radius 1 is 1.15 bits per heavy atom. The first kappa shape index (κ1) is 19.1. The van der Waals surface area contributed by atoms with Crippen molar-refractivity contribution in [1.29, 1.82) is 0 Å². The lowest BCUT2D eigenvalue weighted by atomic mass is 10.2. The Labute approximate surface area is 158 Å². The number of benzene rings is 2. The van der Waals surface area contributed by atoms with E-state index in [9.17, 15) is 13.2 Å². The van der Waals surface area contributed by atoms with Gasteiger partial charge in [0.25, 0.3) is 0 Å². The lowest BCUT2D eigenvalue weighted by Gasteiger charge is -2.10. The number of hydrogen-bond acceptors (Lipinski definition) is 4. The van der Waals surface area contributed by atoms with Crippen LogP contribution in [0.5, 0.6) is 0 Å². The number of carbonyl (C=O) groups is 1. The molecule has 2 aromatic carbocycles. The standard InChI is InChI=1S/C19H22N4O3S/c1-22(2)27(25,26)15-9-10-17-16(13-15)21-18(23(17)3)11-12-19(24)20-14-7-5-4-6-8-14/h4-10,13H,11-12H2,1-3H3,(H,20,24). The number of para-hydroxylation sites is 1. The maximum Gasteiger partial charge on any atom is 0.242 e. The van der Waals surface area contributed by atoms with Gasteiger partial charge in [-0.25, -0.2) is 17.7 Å². The number of anilines is 1. The monoisotopic (exact) mass is 386 g/mol. The van der Waals surface area contributed by atoms with Crippen LogP contribution in [0.1, 0.15) is 12.2 Å². The third-order valence-electron chi connectivity index (χ3n) is 4.36. The van der Waals surface area contributed by atoms with Crippen LogP contribution >= 0.6 is 0 Å². The Kier molecular flexibility index (Phi) is 5.29. The van der Waals surface area contributed by atoms with E-state index in [0.29, 0.717) is 11.9 Å². The predicted octanol–water partition coefficient (Wildman–Crippen LogP) is 2.39. The largest absolute Gasteiger partial charge is 0.331 e. The van der Waals surface area contributed by atoms with Crippen molar-refractivity contribution >= 4 is 32.7 Å². The molecule has 142 valence electrons. The molecule has 0 saturated heterocycles. The van der Waals surface area contributed by atoms with Crippen LogP contribution in [0.4, 0.5) is 5.69 Å². The Morgan fingerprint density at radius 2 is 1.85 bits per heavy atom. The molecule has 1 heterocycles. The zero-order valence-electron chi connectivity index (χ0n) is 15.5. The van der Waals surface area contributed by atoms with Gasteiger partial charge >= 0.3 is 0 Å². The molecule has 0 spiro atoms. The maximum absolute atomic E-state index is 12.3. The van der Waals surface area contributed by atoms with Crippen LogP contribution in [0.2, 0.25) is 0 Å². The molecule has 8 heteroatoms. The number of rotatable bonds is 6. The number of imidazole rings is 1. The van der Waals surface area contributed by atoms with E-state index in [-0.39, 0.29) is 17.2 Å². The van der Waals surface area contributed by atoms with Crippen molar-refractivity contribution in [2.75, 3.05) is 19.4 Å². The fourth-order valence-electron chi connectivity index (χ4n) is 2.79. The molecule has 1 amide bonds. The first-order valence-electron chi connectivity index (χ1n) is 8.52. The highest BCUT2D eigenvalue weighted by atomic mass is 32.2. The molecule has 0 bridgehead atoms. The van der Waals surface area contributed by atoms with E-state index in [2.05, 4.69) is 10.3 Å². The molecule has 0 atom stereocenters. The normalized spacial score (nSPS) is 11.9. The lowest BCUT2D eigenvalue weighted by molar-refractivity contribution is -0.116. The van der Waals surface area contributed by atoms with Gasteiger partial charge < -0.3 is 9.88 Å². The van der Waals surface area contributed by atoms with Gasteiger partial charge in [0.15, 0.2) is 0 Å². The molecule has 3 rings (SSSR count). The summed E-state index contributed by atoms with van der Waals surface area (Å²) in [4.78, 5) is 16.9. The summed E-state index contributed by atoms with van der Waals surface area (Å²) in [6.45, 7) is 0. The number of nitrogens with zero attached hydrogens (tertiary/aromatic N) is 3. The van der Waals surface area contributed by atoms with Crippen LogP contribution in [-0.4, -0.2) is 42.3 Å². The summed E-state index contributed by atoms with van der Waals surface area (Å²) in [5.41, 5.74) is 2.18. The predicted molar refractivity (Wildman–Crippen MR) is 105 cm³/mol. The van der Waals surface area contributed by atoms with Gasteiger partial charge in [0.1, 0.15) is 5.82 Å². The summed E-state index contributed by atoms with van der Waals surface area (Å²) in [5.74, 6) is 0.636. The van der Waals surface area contributed by atoms with Crippen LogP contribution < -0.4 is 5.32 Å². The van der Waals surface area contributed by atoms with Crippen LogP contribution in [0.15, 0.2) is 53.4 Å². The molecule has 0 saturated carbocycles. The van der Waals surface area contributed by atoms with E-state index in [0.717, 1.165) is 17.0 Å². The van der Waals surface area contributed by atoms with Crippen LogP contribution in [0.25, 0.3) is 11.0 Å². The molecule has 0 aliphatic rings. The lowest BCUT2D eigenvalue weighted by Crippen LogP contribution is -2.22. The molecule has 0 aliphatic heterocycles. The summed E-state index contributed by atoms with van der Waals surface area (Å²) < 4.78 is 27.6. The van der Waals surface area contributed by atoms with Gasteiger partial charge in [-0.05, 0) is 30.3 Å². The van der Waals surface area contributed by atoms with Gasteiger partial charge in [0, 0.05) is 39.7 Å². The summed E-state index contributed by atoms with van der Waals surface area (Å²) in [5, 5.41) is 2.85. The van der Waals surface area contributed by atoms with E-state index in [1.165, 1.54) is 18.4 Å². The second kappa shape index (κ2) is 7.50. The molecule has 0 aliphatic carbocycles. The molecule has 1 N–H and O–H groups in total. The van der Waals surface area contributed by atoms with Crippen LogP contribution in [0.3, 0.4) is 0 Å². The zero-order chi connectivity index (χ0) is 19.6. The van der Waals surface area contributed by atoms with E-state index in [1.807, 2.05) is 41.9 Å². The Bertz CT molecular complexity index is 1070. The smallest absolute Gasteiger partial charge is 0.242 e. The van der Waals surface area contributed by atoms with Crippen LogP contribution in [0, 0.1) is 0 Å². The number of amides is 1. The number of hydrogen-bond donors (Lipinski definition) is 1. The summed E-state index contributed by atoms with van der Waals surface area (Å²) in [6.07, 6.45) is 0.745. The van der Waals surface area contributed by atoms with Crippen molar-refractivity contribution in [2.24, 2.45) is 7.05 Å². The van der Waals surface area contributed by atoms with Gasteiger partial charge in [-0.2, -0.15) is 0 Å². The number of nitrogens with one attached hydrogen (secondary N) is 1.